The van der Waals surface area contributed by atoms with Gasteiger partial charge in [-0.1, -0.05) is 37.6 Å². The zero-order valence-corrected chi connectivity index (χ0v) is 15.0. The van der Waals surface area contributed by atoms with E-state index < -0.39 is 5.60 Å². The molecule has 4 rings (SSSR count). The van der Waals surface area contributed by atoms with Gasteiger partial charge in [0.25, 0.3) is 0 Å². The van der Waals surface area contributed by atoms with Gasteiger partial charge in [0.2, 0.25) is 0 Å². The Labute approximate surface area is 147 Å². The predicted molar refractivity (Wildman–Crippen MR) is 93.7 cm³/mol. The molecule has 2 aromatic rings. The molecule has 3 atom stereocenters. The first kappa shape index (κ1) is 16.1. The van der Waals surface area contributed by atoms with Gasteiger partial charge in [-0.25, -0.2) is 4.98 Å². The van der Waals surface area contributed by atoms with Crippen LogP contribution in [0.3, 0.4) is 0 Å². The van der Waals surface area contributed by atoms with Crippen LogP contribution in [0.15, 0.2) is 36.9 Å². The molecule has 2 aliphatic carbocycles. The molecule has 2 aliphatic rings. The molecular formula is C19H24ClN3O. The largest absolute Gasteiger partial charge is 0.387 e. The van der Waals surface area contributed by atoms with Gasteiger partial charge in [-0.15, -0.1) is 0 Å². The highest BCUT2D eigenvalue weighted by Gasteiger charge is 2.75. The van der Waals surface area contributed by atoms with Crippen molar-refractivity contribution in [2.75, 3.05) is 0 Å². The summed E-state index contributed by atoms with van der Waals surface area (Å²) in [6.07, 6.45) is 7.35. The highest BCUT2D eigenvalue weighted by molar-refractivity contribution is 6.30. The van der Waals surface area contributed by atoms with Crippen molar-refractivity contribution in [3.63, 3.8) is 0 Å². The lowest BCUT2D eigenvalue weighted by atomic mass is 9.75. The van der Waals surface area contributed by atoms with Gasteiger partial charge in [0.15, 0.2) is 0 Å². The van der Waals surface area contributed by atoms with Gasteiger partial charge >= 0.3 is 0 Å². The van der Waals surface area contributed by atoms with E-state index in [-0.39, 0.29) is 16.7 Å². The average Bonchev–Trinajstić information content (AvgIpc) is 2.86. The second kappa shape index (κ2) is 5.30. The summed E-state index contributed by atoms with van der Waals surface area (Å²) in [7, 11) is 0. The van der Waals surface area contributed by atoms with Crippen LogP contribution in [0.4, 0.5) is 0 Å². The average molecular weight is 346 g/mol. The number of hydrogen-bond donors (Lipinski definition) is 1. The molecule has 24 heavy (non-hydrogen) atoms. The Balaban J connectivity index is 1.64. The minimum atomic E-state index is -0.746. The Hall–Kier alpha value is -1.39. The van der Waals surface area contributed by atoms with Gasteiger partial charge in [-0.05, 0) is 54.7 Å². The number of rotatable bonds is 4. The summed E-state index contributed by atoms with van der Waals surface area (Å²) in [5.74, 6) is 0.227. The Morgan fingerprint density at radius 1 is 1.29 bits per heavy atom. The Kier molecular flexibility index (Phi) is 3.56. The van der Waals surface area contributed by atoms with Gasteiger partial charge in [0.05, 0.1) is 12.1 Å². The fourth-order valence-corrected chi connectivity index (χ4v) is 5.29. The normalized spacial score (nSPS) is 33.9. The van der Waals surface area contributed by atoms with Crippen molar-refractivity contribution < 1.29 is 5.11 Å². The highest BCUT2D eigenvalue weighted by atomic mass is 35.5. The van der Waals surface area contributed by atoms with Crippen molar-refractivity contribution in [2.45, 2.75) is 51.7 Å². The number of hydrogen-bond acceptors (Lipinski definition) is 3. The molecule has 0 saturated heterocycles. The zero-order chi connectivity index (χ0) is 17.0. The second-order valence-electron chi connectivity index (χ2n) is 8.23. The summed E-state index contributed by atoms with van der Waals surface area (Å²) < 4.78 is 1.79. The lowest BCUT2D eigenvalue weighted by Crippen LogP contribution is -2.47. The van der Waals surface area contributed by atoms with Crippen molar-refractivity contribution in [3.8, 4) is 0 Å². The Bertz CT molecular complexity index is 728. The highest BCUT2D eigenvalue weighted by Crippen LogP contribution is 2.76. The van der Waals surface area contributed by atoms with E-state index in [2.05, 4.69) is 36.1 Å². The van der Waals surface area contributed by atoms with Crippen LogP contribution in [0.2, 0.25) is 5.02 Å². The lowest BCUT2D eigenvalue weighted by Gasteiger charge is -2.38. The van der Waals surface area contributed by atoms with E-state index in [4.69, 9.17) is 11.6 Å². The summed E-state index contributed by atoms with van der Waals surface area (Å²) >= 11 is 6.00. The first-order valence-electron chi connectivity index (χ1n) is 8.66. The standard InChI is InChI=1S/C19H24ClN3O/c1-17(2)10-18(17)8-7-15(9-14-3-5-16(20)6-4-14)19(18,24)11-23-13-21-12-22-23/h3-6,12-13,15,24H,7-11H2,1-2H3. The molecule has 0 radical (unpaired) electrons. The number of halogens is 1. The fraction of sp³-hybridized carbons (Fsp3) is 0.579. The first-order valence-corrected chi connectivity index (χ1v) is 9.03. The molecule has 128 valence electrons. The van der Waals surface area contributed by atoms with E-state index in [1.165, 1.54) is 11.9 Å². The third kappa shape index (κ3) is 2.31. The Morgan fingerprint density at radius 2 is 2.00 bits per heavy atom. The number of aromatic nitrogens is 3. The maximum atomic E-state index is 11.8. The van der Waals surface area contributed by atoms with Gasteiger partial charge in [-0.2, -0.15) is 5.10 Å². The molecule has 2 saturated carbocycles. The van der Waals surface area contributed by atoms with Crippen LogP contribution in [-0.4, -0.2) is 25.5 Å². The third-order valence-electron chi connectivity index (χ3n) is 6.60. The maximum Gasteiger partial charge on any atom is 0.137 e. The number of benzene rings is 1. The van der Waals surface area contributed by atoms with Crippen molar-refractivity contribution in [1.82, 2.24) is 14.8 Å². The summed E-state index contributed by atoms with van der Waals surface area (Å²) in [4.78, 5) is 4.04. The molecule has 1 aromatic carbocycles. The van der Waals surface area contributed by atoms with E-state index in [0.717, 1.165) is 30.7 Å². The van der Waals surface area contributed by atoms with E-state index >= 15 is 0 Å². The maximum absolute atomic E-state index is 11.8. The smallest absolute Gasteiger partial charge is 0.137 e. The van der Waals surface area contributed by atoms with Crippen LogP contribution in [0.5, 0.6) is 0 Å². The molecule has 5 heteroatoms. The second-order valence-corrected chi connectivity index (χ2v) is 8.66. The molecular weight excluding hydrogens is 322 g/mol. The summed E-state index contributed by atoms with van der Waals surface area (Å²) in [5.41, 5.74) is 0.682. The van der Waals surface area contributed by atoms with E-state index in [1.54, 1.807) is 11.0 Å². The van der Waals surface area contributed by atoms with Crippen LogP contribution in [0.25, 0.3) is 0 Å². The minimum absolute atomic E-state index is 0.00302. The quantitative estimate of drug-likeness (QED) is 0.918. The number of nitrogens with zero attached hydrogens (tertiary/aromatic N) is 3. The van der Waals surface area contributed by atoms with Crippen molar-refractivity contribution in [2.24, 2.45) is 16.7 Å². The third-order valence-corrected chi connectivity index (χ3v) is 6.85. The molecule has 0 aliphatic heterocycles. The molecule has 2 fully saturated rings. The molecule has 1 heterocycles. The van der Waals surface area contributed by atoms with E-state index in [9.17, 15) is 5.11 Å². The molecule has 1 N–H and O–H groups in total. The van der Waals surface area contributed by atoms with Gasteiger partial charge in [-0.3, -0.25) is 4.68 Å². The van der Waals surface area contributed by atoms with Gasteiger partial charge < -0.3 is 5.11 Å². The topological polar surface area (TPSA) is 50.9 Å². The molecule has 1 aromatic heterocycles. The van der Waals surface area contributed by atoms with Crippen LogP contribution in [0, 0.1) is 16.7 Å². The SMILES string of the molecule is CC1(C)CC12CCC(Cc1ccc(Cl)cc1)C2(O)Cn1cncn1. The van der Waals surface area contributed by atoms with Crippen LogP contribution in [0.1, 0.15) is 38.7 Å². The first-order chi connectivity index (χ1) is 11.4. The van der Waals surface area contributed by atoms with Crippen LogP contribution in [-0.2, 0) is 13.0 Å². The lowest BCUT2D eigenvalue weighted by molar-refractivity contribution is -0.0767. The monoisotopic (exact) mass is 345 g/mol. The molecule has 3 unspecified atom stereocenters. The van der Waals surface area contributed by atoms with Gasteiger partial charge in [0.1, 0.15) is 12.7 Å². The molecule has 0 bridgehead atoms. The summed E-state index contributed by atoms with van der Waals surface area (Å²) in [5, 5.41) is 16.8. The minimum Gasteiger partial charge on any atom is -0.387 e. The Morgan fingerprint density at radius 3 is 2.58 bits per heavy atom. The van der Waals surface area contributed by atoms with Crippen LogP contribution < -0.4 is 0 Å². The van der Waals surface area contributed by atoms with Gasteiger partial charge in [0, 0.05) is 10.4 Å². The molecule has 1 spiro atoms. The fourth-order valence-electron chi connectivity index (χ4n) is 5.16. The summed E-state index contributed by atoms with van der Waals surface area (Å²) in [6, 6.07) is 8.00. The zero-order valence-electron chi connectivity index (χ0n) is 14.2. The van der Waals surface area contributed by atoms with Crippen molar-refractivity contribution >= 4 is 11.6 Å². The predicted octanol–water partition coefficient (Wildman–Crippen LogP) is 3.73. The molecule has 0 amide bonds. The van der Waals surface area contributed by atoms with E-state index in [0.29, 0.717) is 6.54 Å². The number of aliphatic hydroxyl groups is 1. The molecule has 4 nitrogen and oxygen atoms in total. The van der Waals surface area contributed by atoms with E-state index in [1.807, 2.05) is 12.1 Å². The van der Waals surface area contributed by atoms with Crippen LogP contribution >= 0.6 is 11.6 Å². The van der Waals surface area contributed by atoms with Crippen molar-refractivity contribution in [3.05, 3.63) is 47.5 Å². The summed E-state index contributed by atoms with van der Waals surface area (Å²) in [6.45, 7) is 5.09. The van der Waals surface area contributed by atoms with Crippen molar-refractivity contribution in [1.29, 1.82) is 0 Å².